The molecule has 1 saturated carbocycles. The summed E-state index contributed by atoms with van der Waals surface area (Å²) >= 11 is 7.31. The molecule has 1 saturated heterocycles. The Morgan fingerprint density at radius 2 is 2.04 bits per heavy atom. The molecular formula is C18H17ClN4OS. The van der Waals surface area contributed by atoms with E-state index in [0.717, 1.165) is 24.1 Å². The van der Waals surface area contributed by atoms with E-state index in [9.17, 15) is 4.79 Å². The summed E-state index contributed by atoms with van der Waals surface area (Å²) in [6.45, 7) is 0. The number of halogens is 1. The van der Waals surface area contributed by atoms with Gasteiger partial charge in [-0.3, -0.25) is 9.79 Å². The summed E-state index contributed by atoms with van der Waals surface area (Å²) in [5.41, 5.74) is 1.79. The van der Waals surface area contributed by atoms with E-state index in [2.05, 4.69) is 15.4 Å². The van der Waals surface area contributed by atoms with Gasteiger partial charge in [-0.25, -0.2) is 4.68 Å². The molecule has 7 heteroatoms. The average Bonchev–Trinajstić information content (AvgIpc) is 3.32. The van der Waals surface area contributed by atoms with Gasteiger partial charge in [0.15, 0.2) is 5.17 Å². The van der Waals surface area contributed by atoms with Gasteiger partial charge >= 0.3 is 0 Å². The first kappa shape index (κ1) is 16.4. The molecular weight excluding hydrogens is 356 g/mol. The summed E-state index contributed by atoms with van der Waals surface area (Å²) < 4.78 is 1.76. The van der Waals surface area contributed by atoms with Crippen molar-refractivity contribution in [3.05, 3.63) is 52.2 Å². The zero-order chi connectivity index (χ0) is 17.2. The number of amides is 1. The summed E-state index contributed by atoms with van der Waals surface area (Å²) in [5.74, 6) is -0.0963. The smallest absolute Gasteiger partial charge is 0.264 e. The van der Waals surface area contributed by atoms with Crippen molar-refractivity contribution < 1.29 is 4.79 Å². The Morgan fingerprint density at radius 1 is 1.28 bits per heavy atom. The molecule has 0 unspecified atom stereocenters. The van der Waals surface area contributed by atoms with Crippen molar-refractivity contribution in [2.45, 2.75) is 31.7 Å². The van der Waals surface area contributed by atoms with Gasteiger partial charge in [-0.1, -0.05) is 24.4 Å². The number of nitrogens with zero attached hydrogens (tertiary/aromatic N) is 3. The standard InChI is InChI=1S/C18H17ClN4OS/c19-13-5-7-15(8-6-13)23-11-12(10-20-23)9-16-17(24)22-18(25-16)21-14-3-1-2-4-14/h5-11,14H,1-4H2,(H,21,22,24)/b16-9-. The molecule has 25 heavy (non-hydrogen) atoms. The van der Waals surface area contributed by atoms with Gasteiger partial charge in [0.2, 0.25) is 0 Å². The largest absolute Gasteiger partial charge is 0.301 e. The van der Waals surface area contributed by atoms with Crippen LogP contribution in [0.5, 0.6) is 0 Å². The first-order valence-electron chi connectivity index (χ1n) is 8.27. The second-order valence-electron chi connectivity index (χ2n) is 6.13. The fourth-order valence-corrected chi connectivity index (χ4v) is 4.00. The van der Waals surface area contributed by atoms with Crippen molar-refractivity contribution in [3.8, 4) is 5.69 Å². The first-order valence-corrected chi connectivity index (χ1v) is 9.46. The second kappa shape index (κ2) is 7.06. The number of hydrogen-bond acceptors (Lipinski definition) is 4. The van der Waals surface area contributed by atoms with E-state index in [-0.39, 0.29) is 5.91 Å². The van der Waals surface area contributed by atoms with E-state index in [1.807, 2.05) is 36.5 Å². The third kappa shape index (κ3) is 3.80. The van der Waals surface area contributed by atoms with Crippen LogP contribution in [0, 0.1) is 0 Å². The molecule has 1 amide bonds. The van der Waals surface area contributed by atoms with Gasteiger partial charge in [0.25, 0.3) is 5.91 Å². The van der Waals surface area contributed by atoms with Crippen molar-refractivity contribution in [1.82, 2.24) is 15.1 Å². The minimum atomic E-state index is -0.0963. The minimum Gasteiger partial charge on any atom is -0.301 e. The van der Waals surface area contributed by atoms with E-state index >= 15 is 0 Å². The topological polar surface area (TPSA) is 59.3 Å². The Labute approximate surface area is 155 Å². The van der Waals surface area contributed by atoms with Crippen molar-refractivity contribution in [3.63, 3.8) is 0 Å². The molecule has 1 N–H and O–H groups in total. The lowest BCUT2D eigenvalue weighted by Gasteiger charge is -2.02. The van der Waals surface area contributed by atoms with Crippen LogP contribution in [0.1, 0.15) is 31.2 Å². The predicted octanol–water partition coefficient (Wildman–Crippen LogP) is 4.03. The molecule has 5 nitrogen and oxygen atoms in total. The summed E-state index contributed by atoms with van der Waals surface area (Å²) in [6, 6.07) is 7.80. The maximum atomic E-state index is 12.2. The fourth-order valence-electron chi connectivity index (χ4n) is 2.99. The first-order chi connectivity index (χ1) is 12.2. The molecule has 2 aromatic rings. The molecule has 0 spiro atoms. The number of thioether (sulfide) groups is 1. The number of carbonyl (C=O) groups is 1. The van der Waals surface area contributed by atoms with Crippen LogP contribution < -0.4 is 5.32 Å². The number of aromatic nitrogens is 2. The van der Waals surface area contributed by atoms with E-state index in [1.165, 1.54) is 24.6 Å². The van der Waals surface area contributed by atoms with Gasteiger partial charge in [0, 0.05) is 16.8 Å². The number of aliphatic imine (C=N–C) groups is 1. The maximum absolute atomic E-state index is 12.2. The number of carbonyl (C=O) groups excluding carboxylic acids is 1. The molecule has 1 aliphatic heterocycles. The van der Waals surface area contributed by atoms with Crippen molar-refractivity contribution >= 4 is 40.5 Å². The molecule has 0 atom stereocenters. The molecule has 2 fully saturated rings. The van der Waals surface area contributed by atoms with Crippen LogP contribution in [0.4, 0.5) is 0 Å². The Hall–Kier alpha value is -2.05. The zero-order valence-corrected chi connectivity index (χ0v) is 15.1. The van der Waals surface area contributed by atoms with Crippen LogP contribution in [0.2, 0.25) is 5.02 Å². The maximum Gasteiger partial charge on any atom is 0.264 e. The number of nitrogens with one attached hydrogen (secondary N) is 1. The van der Waals surface area contributed by atoms with Crippen LogP contribution in [-0.2, 0) is 4.79 Å². The molecule has 0 radical (unpaired) electrons. The molecule has 1 aliphatic carbocycles. The van der Waals surface area contributed by atoms with E-state index in [1.54, 1.807) is 10.9 Å². The summed E-state index contributed by atoms with van der Waals surface area (Å²) in [5, 5.41) is 8.61. The lowest BCUT2D eigenvalue weighted by Crippen LogP contribution is -2.21. The normalized spacial score (nSPS) is 21.4. The van der Waals surface area contributed by atoms with Gasteiger partial charge < -0.3 is 5.32 Å². The number of benzene rings is 1. The quantitative estimate of drug-likeness (QED) is 0.827. The Kier molecular flexibility index (Phi) is 4.63. The number of amidine groups is 1. The summed E-state index contributed by atoms with van der Waals surface area (Å²) in [4.78, 5) is 17.5. The average molecular weight is 373 g/mol. The molecule has 1 aromatic heterocycles. The summed E-state index contributed by atoms with van der Waals surface area (Å²) in [7, 11) is 0. The van der Waals surface area contributed by atoms with E-state index < -0.39 is 0 Å². The molecule has 4 rings (SSSR count). The molecule has 0 bridgehead atoms. The van der Waals surface area contributed by atoms with Crippen LogP contribution in [0.3, 0.4) is 0 Å². The minimum absolute atomic E-state index is 0.0963. The van der Waals surface area contributed by atoms with Gasteiger partial charge in [-0.15, -0.1) is 0 Å². The highest BCUT2D eigenvalue weighted by Gasteiger charge is 2.25. The van der Waals surface area contributed by atoms with Crippen molar-refractivity contribution in [2.75, 3.05) is 0 Å². The number of rotatable bonds is 3. The second-order valence-corrected chi connectivity index (χ2v) is 7.60. The van der Waals surface area contributed by atoms with Crippen molar-refractivity contribution in [2.24, 2.45) is 4.99 Å². The highest BCUT2D eigenvalue weighted by atomic mass is 35.5. The Bertz CT molecular complexity index is 850. The molecule has 2 aliphatic rings. The SMILES string of the molecule is O=C1NC(=NC2CCCC2)S/C1=C\c1cnn(-c2ccc(Cl)cc2)c1. The van der Waals surface area contributed by atoms with Crippen LogP contribution in [0.15, 0.2) is 46.6 Å². The monoisotopic (exact) mass is 372 g/mol. The number of hydrogen-bond donors (Lipinski definition) is 1. The van der Waals surface area contributed by atoms with E-state index in [0.29, 0.717) is 21.1 Å². The van der Waals surface area contributed by atoms with Gasteiger partial charge in [-0.05, 0) is 54.9 Å². The third-order valence-corrected chi connectivity index (χ3v) is 5.44. The third-order valence-electron chi connectivity index (χ3n) is 4.27. The zero-order valence-electron chi connectivity index (χ0n) is 13.5. The highest BCUT2D eigenvalue weighted by Crippen LogP contribution is 2.29. The lowest BCUT2D eigenvalue weighted by molar-refractivity contribution is -0.115. The van der Waals surface area contributed by atoms with E-state index in [4.69, 9.17) is 11.6 Å². The summed E-state index contributed by atoms with van der Waals surface area (Å²) in [6.07, 6.45) is 10.2. The highest BCUT2D eigenvalue weighted by molar-refractivity contribution is 8.18. The van der Waals surface area contributed by atoms with Crippen LogP contribution in [-0.4, -0.2) is 26.9 Å². The van der Waals surface area contributed by atoms with Gasteiger partial charge in [-0.2, -0.15) is 5.10 Å². The molecule has 128 valence electrons. The van der Waals surface area contributed by atoms with Crippen LogP contribution >= 0.6 is 23.4 Å². The Balaban J connectivity index is 1.51. The predicted molar refractivity (Wildman–Crippen MR) is 102 cm³/mol. The lowest BCUT2D eigenvalue weighted by atomic mass is 10.3. The van der Waals surface area contributed by atoms with Gasteiger partial charge in [0.05, 0.1) is 22.8 Å². The van der Waals surface area contributed by atoms with Gasteiger partial charge in [0.1, 0.15) is 0 Å². The van der Waals surface area contributed by atoms with Crippen molar-refractivity contribution in [1.29, 1.82) is 0 Å². The molecule has 1 aromatic carbocycles. The van der Waals surface area contributed by atoms with Crippen LogP contribution in [0.25, 0.3) is 11.8 Å². The Morgan fingerprint density at radius 3 is 2.80 bits per heavy atom. The fraction of sp³-hybridized carbons (Fsp3) is 0.278. The molecule has 2 heterocycles.